The summed E-state index contributed by atoms with van der Waals surface area (Å²) in [6.07, 6.45) is 0. The third kappa shape index (κ3) is 5.62. The van der Waals surface area contributed by atoms with Crippen molar-refractivity contribution in [2.24, 2.45) is 0 Å². The summed E-state index contributed by atoms with van der Waals surface area (Å²) in [6.45, 7) is 4.96. The Labute approximate surface area is 135 Å². The minimum atomic E-state index is -0.393. The molecule has 2 rings (SSSR count). The smallest absolute Gasteiger partial charge is 0.319 e. The van der Waals surface area contributed by atoms with E-state index in [4.69, 9.17) is 4.74 Å². The van der Waals surface area contributed by atoms with Gasteiger partial charge in [0.25, 0.3) is 0 Å². The van der Waals surface area contributed by atoms with Gasteiger partial charge in [0, 0.05) is 5.69 Å². The number of carbonyl (C=O) groups is 1. The summed E-state index contributed by atoms with van der Waals surface area (Å²) in [7, 11) is 0. The Kier molecular flexibility index (Phi) is 5.97. The third-order valence-electron chi connectivity index (χ3n) is 3.26. The number of anilines is 1. The van der Waals surface area contributed by atoms with Crippen molar-refractivity contribution in [3.8, 4) is 5.75 Å². The van der Waals surface area contributed by atoms with Gasteiger partial charge in [-0.25, -0.2) is 9.18 Å². The Hall–Kier alpha value is -2.56. The highest BCUT2D eigenvalue weighted by atomic mass is 19.1. The molecule has 122 valence electrons. The van der Waals surface area contributed by atoms with Gasteiger partial charge in [0.1, 0.15) is 18.2 Å². The minimum Gasteiger partial charge on any atom is -0.492 e. The molecule has 23 heavy (non-hydrogen) atoms. The second-order valence-electron chi connectivity index (χ2n) is 5.47. The summed E-state index contributed by atoms with van der Waals surface area (Å²) in [5.41, 5.74) is 1.62. The maximum absolute atomic E-state index is 13.0. The highest BCUT2D eigenvalue weighted by Crippen LogP contribution is 2.19. The zero-order chi connectivity index (χ0) is 16.7. The van der Waals surface area contributed by atoms with Crippen LogP contribution >= 0.6 is 0 Å². The van der Waals surface area contributed by atoms with Crippen molar-refractivity contribution in [3.63, 3.8) is 0 Å². The molecule has 0 unspecified atom stereocenters. The first-order valence-electron chi connectivity index (χ1n) is 7.58. The van der Waals surface area contributed by atoms with Crippen molar-refractivity contribution in [2.45, 2.75) is 19.8 Å². The van der Waals surface area contributed by atoms with Gasteiger partial charge in [0.15, 0.2) is 0 Å². The van der Waals surface area contributed by atoms with Crippen LogP contribution in [0.3, 0.4) is 0 Å². The minimum absolute atomic E-state index is 0.354. The predicted molar refractivity (Wildman–Crippen MR) is 89.4 cm³/mol. The first kappa shape index (κ1) is 16.8. The highest BCUT2D eigenvalue weighted by molar-refractivity contribution is 5.89. The fourth-order valence-electron chi connectivity index (χ4n) is 2.04. The molecule has 0 heterocycles. The fourth-order valence-corrected chi connectivity index (χ4v) is 2.04. The number of urea groups is 1. The lowest BCUT2D eigenvalue weighted by Gasteiger charge is -2.11. The summed E-state index contributed by atoms with van der Waals surface area (Å²) in [5.74, 6) is 0.827. The van der Waals surface area contributed by atoms with Crippen LogP contribution in [0.25, 0.3) is 0 Å². The van der Waals surface area contributed by atoms with Crippen molar-refractivity contribution < 1.29 is 13.9 Å². The normalized spacial score (nSPS) is 10.4. The van der Waals surface area contributed by atoms with E-state index in [9.17, 15) is 9.18 Å². The summed E-state index contributed by atoms with van der Waals surface area (Å²) in [5, 5.41) is 5.22. The van der Waals surface area contributed by atoms with Crippen molar-refractivity contribution in [2.75, 3.05) is 18.5 Å². The molecule has 2 aromatic carbocycles. The zero-order valence-corrected chi connectivity index (χ0v) is 13.3. The molecular formula is C18H21FN2O2. The highest BCUT2D eigenvalue weighted by Gasteiger charge is 2.03. The molecule has 2 amide bonds. The molecule has 0 fully saturated rings. The Morgan fingerprint density at radius 2 is 1.96 bits per heavy atom. The van der Waals surface area contributed by atoms with Gasteiger partial charge in [-0.15, -0.1) is 0 Å². The van der Waals surface area contributed by atoms with Gasteiger partial charge in [0.05, 0.1) is 6.54 Å². The fraction of sp³-hybridized carbons (Fsp3) is 0.278. The molecule has 2 N–H and O–H groups in total. The van der Waals surface area contributed by atoms with Crippen molar-refractivity contribution in [1.82, 2.24) is 5.32 Å². The molecule has 2 aromatic rings. The first-order valence-corrected chi connectivity index (χ1v) is 7.58. The van der Waals surface area contributed by atoms with E-state index in [1.807, 2.05) is 18.2 Å². The summed E-state index contributed by atoms with van der Waals surface area (Å²) >= 11 is 0. The van der Waals surface area contributed by atoms with Crippen LogP contribution in [0, 0.1) is 5.82 Å². The molecule has 0 spiro atoms. The van der Waals surface area contributed by atoms with Crippen LogP contribution in [-0.2, 0) is 0 Å². The largest absolute Gasteiger partial charge is 0.492 e. The van der Waals surface area contributed by atoms with Crippen LogP contribution in [0.1, 0.15) is 25.3 Å². The second kappa shape index (κ2) is 8.17. The molecule has 4 nitrogen and oxygen atoms in total. The van der Waals surface area contributed by atoms with E-state index in [1.54, 1.807) is 6.07 Å². The topological polar surface area (TPSA) is 50.4 Å². The number of rotatable bonds is 6. The molecule has 0 atom stereocenters. The lowest BCUT2D eigenvalue weighted by atomic mass is 10.0. The molecule has 0 aliphatic rings. The van der Waals surface area contributed by atoms with Crippen molar-refractivity contribution in [1.29, 1.82) is 0 Å². The van der Waals surface area contributed by atoms with Crippen LogP contribution in [-0.4, -0.2) is 19.2 Å². The van der Waals surface area contributed by atoms with Gasteiger partial charge in [-0.3, -0.25) is 0 Å². The average Bonchev–Trinajstić information content (AvgIpc) is 2.52. The van der Waals surface area contributed by atoms with Crippen molar-refractivity contribution >= 4 is 11.7 Å². The molecule has 0 aromatic heterocycles. The van der Waals surface area contributed by atoms with Gasteiger partial charge >= 0.3 is 6.03 Å². The lowest BCUT2D eigenvalue weighted by molar-refractivity contribution is 0.247. The van der Waals surface area contributed by atoms with E-state index < -0.39 is 11.8 Å². The van der Waals surface area contributed by atoms with Gasteiger partial charge in [-0.2, -0.15) is 0 Å². The molecule has 0 saturated carbocycles. The summed E-state index contributed by atoms with van der Waals surface area (Å²) in [4.78, 5) is 11.7. The molecule has 0 radical (unpaired) electrons. The van der Waals surface area contributed by atoms with Gasteiger partial charge in [-0.05, 0) is 41.8 Å². The molecule has 0 saturated heterocycles. The van der Waals surface area contributed by atoms with Gasteiger partial charge in [-0.1, -0.05) is 32.0 Å². The standard InChI is InChI=1S/C18H21FN2O2/c1-13(2)14-5-3-8-17(11-14)23-10-9-20-18(22)21-16-7-4-6-15(19)12-16/h3-8,11-13H,9-10H2,1-2H3,(H2,20,21,22). The van der Waals surface area contributed by atoms with Crippen LogP contribution in [0.2, 0.25) is 0 Å². The van der Waals surface area contributed by atoms with E-state index in [2.05, 4.69) is 30.5 Å². The van der Waals surface area contributed by atoms with Crippen LogP contribution in [0.4, 0.5) is 14.9 Å². The molecular weight excluding hydrogens is 295 g/mol. The quantitative estimate of drug-likeness (QED) is 0.787. The number of halogens is 1. The molecule has 5 heteroatoms. The number of hydrogen-bond acceptors (Lipinski definition) is 2. The molecule has 0 aliphatic heterocycles. The second-order valence-corrected chi connectivity index (χ2v) is 5.47. The number of carbonyl (C=O) groups excluding carboxylic acids is 1. The van der Waals surface area contributed by atoms with Crippen LogP contribution in [0.5, 0.6) is 5.75 Å². The van der Waals surface area contributed by atoms with Crippen molar-refractivity contribution in [3.05, 3.63) is 59.9 Å². The Morgan fingerprint density at radius 1 is 1.17 bits per heavy atom. The maximum Gasteiger partial charge on any atom is 0.319 e. The average molecular weight is 316 g/mol. The van der Waals surface area contributed by atoms with E-state index in [0.29, 0.717) is 24.8 Å². The van der Waals surface area contributed by atoms with E-state index >= 15 is 0 Å². The van der Waals surface area contributed by atoms with E-state index in [0.717, 1.165) is 5.75 Å². The number of ether oxygens (including phenoxy) is 1. The summed E-state index contributed by atoms with van der Waals surface area (Å²) in [6, 6.07) is 13.2. The molecule has 0 bridgehead atoms. The lowest BCUT2D eigenvalue weighted by Crippen LogP contribution is -2.32. The first-order chi connectivity index (χ1) is 11.0. The maximum atomic E-state index is 13.0. The van der Waals surface area contributed by atoms with E-state index in [1.165, 1.54) is 23.8 Å². The van der Waals surface area contributed by atoms with E-state index in [-0.39, 0.29) is 0 Å². The zero-order valence-electron chi connectivity index (χ0n) is 13.3. The number of hydrogen-bond donors (Lipinski definition) is 2. The number of benzene rings is 2. The Balaban J connectivity index is 1.73. The van der Waals surface area contributed by atoms with Crippen LogP contribution < -0.4 is 15.4 Å². The Bertz CT molecular complexity index is 659. The Morgan fingerprint density at radius 3 is 2.70 bits per heavy atom. The predicted octanol–water partition coefficient (Wildman–Crippen LogP) is 4.15. The summed E-state index contributed by atoms with van der Waals surface area (Å²) < 4.78 is 18.6. The number of amides is 2. The third-order valence-corrected chi connectivity index (χ3v) is 3.26. The van der Waals surface area contributed by atoms with Gasteiger partial charge < -0.3 is 15.4 Å². The number of nitrogens with one attached hydrogen (secondary N) is 2. The van der Waals surface area contributed by atoms with Gasteiger partial charge in [0.2, 0.25) is 0 Å². The monoisotopic (exact) mass is 316 g/mol. The van der Waals surface area contributed by atoms with Crippen LogP contribution in [0.15, 0.2) is 48.5 Å². The molecule has 0 aliphatic carbocycles. The SMILES string of the molecule is CC(C)c1cccc(OCCNC(=O)Nc2cccc(F)c2)c1.